The molecular weight excluding hydrogens is 448 g/mol. The predicted octanol–water partition coefficient (Wildman–Crippen LogP) is 5.55. The van der Waals surface area contributed by atoms with Gasteiger partial charge in [-0.25, -0.2) is 4.79 Å². The average molecular weight is 485 g/mol. The lowest BCUT2D eigenvalue weighted by atomic mass is 9.83. The van der Waals surface area contributed by atoms with Gasteiger partial charge in [-0.15, -0.1) is 0 Å². The van der Waals surface area contributed by atoms with E-state index in [0.717, 1.165) is 12.8 Å². The van der Waals surface area contributed by atoms with Gasteiger partial charge in [-0.1, -0.05) is 59.2 Å². The van der Waals surface area contributed by atoms with E-state index in [4.69, 9.17) is 9.26 Å². The lowest BCUT2D eigenvalue weighted by Gasteiger charge is -2.34. The highest BCUT2D eigenvalue weighted by molar-refractivity contribution is 5.92. The molecule has 0 fully saturated rings. The van der Waals surface area contributed by atoms with Gasteiger partial charge in [0.1, 0.15) is 5.75 Å². The molecule has 190 valence electrons. The van der Waals surface area contributed by atoms with Crippen molar-refractivity contribution in [1.82, 2.24) is 20.0 Å². The number of fused-ring (bicyclic) bond motifs is 1. The van der Waals surface area contributed by atoms with Crippen LogP contribution in [0.25, 0.3) is 22.2 Å². The summed E-state index contributed by atoms with van der Waals surface area (Å²) in [7, 11) is 0. The molecule has 0 aliphatic carbocycles. The fraction of sp³-hybridized carbons (Fsp3) is 0.538. The zero-order valence-corrected chi connectivity index (χ0v) is 21.6. The largest absolute Gasteiger partial charge is 0.491 e. The molecular formula is C26H36N4O5. The number of rotatable bonds is 9. The first kappa shape index (κ1) is 26.2. The molecule has 0 spiro atoms. The van der Waals surface area contributed by atoms with Crippen LogP contribution in [0.5, 0.6) is 5.75 Å². The molecule has 0 bridgehead atoms. The third-order valence-corrected chi connectivity index (χ3v) is 5.75. The van der Waals surface area contributed by atoms with Crippen LogP contribution in [-0.4, -0.2) is 32.5 Å². The van der Waals surface area contributed by atoms with Crippen molar-refractivity contribution in [2.45, 2.75) is 73.9 Å². The van der Waals surface area contributed by atoms with Crippen molar-refractivity contribution in [3.05, 3.63) is 40.1 Å². The quantitative estimate of drug-likeness (QED) is 0.382. The van der Waals surface area contributed by atoms with E-state index in [1.165, 1.54) is 0 Å². The summed E-state index contributed by atoms with van der Waals surface area (Å²) in [5.41, 5.74) is 0.482. The van der Waals surface area contributed by atoms with Crippen LogP contribution in [0.15, 0.2) is 27.5 Å². The minimum atomic E-state index is -1.16. The topological polar surface area (TPSA) is 119 Å². The maximum absolute atomic E-state index is 13.8. The Morgan fingerprint density at radius 1 is 1.26 bits per heavy atom. The Balaban J connectivity index is 2.43. The predicted molar refractivity (Wildman–Crippen MR) is 135 cm³/mol. The molecule has 0 aliphatic rings. The average Bonchev–Trinajstić information content (AvgIpc) is 3.20. The van der Waals surface area contributed by atoms with E-state index in [1.807, 2.05) is 40.7 Å². The highest BCUT2D eigenvalue weighted by Crippen LogP contribution is 2.41. The number of pyridine rings is 1. The monoisotopic (exact) mass is 484 g/mol. The number of aryl methyl sites for hydroxylation is 1. The number of nitrogens with zero attached hydrogens (tertiary/aromatic N) is 3. The molecule has 2 N–H and O–H groups in total. The second-order valence-corrected chi connectivity index (χ2v) is 10.4. The van der Waals surface area contributed by atoms with E-state index < -0.39 is 17.6 Å². The fourth-order valence-electron chi connectivity index (χ4n) is 4.11. The summed E-state index contributed by atoms with van der Waals surface area (Å²) >= 11 is 0. The highest BCUT2D eigenvalue weighted by Gasteiger charge is 2.35. The maximum atomic E-state index is 13.8. The molecule has 0 saturated carbocycles. The summed E-state index contributed by atoms with van der Waals surface area (Å²) in [5.74, 6) is 1.50. The third-order valence-electron chi connectivity index (χ3n) is 5.75. The summed E-state index contributed by atoms with van der Waals surface area (Å²) in [5, 5.41) is 17.5. The van der Waals surface area contributed by atoms with E-state index in [1.54, 1.807) is 23.6 Å². The van der Waals surface area contributed by atoms with Crippen LogP contribution in [0.2, 0.25) is 0 Å². The number of carbonyl (C=O) groups is 1. The number of aromatic nitrogens is 3. The van der Waals surface area contributed by atoms with Gasteiger partial charge in [0.25, 0.3) is 5.56 Å². The summed E-state index contributed by atoms with van der Waals surface area (Å²) in [6.45, 7) is 14.5. The van der Waals surface area contributed by atoms with Gasteiger partial charge in [0.15, 0.2) is 0 Å². The SMILES string of the molecule is CCCCOc1c(C(NC(=O)O)C(C)(C)C)n(CC(C)C)c(=O)c2ccc(-c3noc(C)n3)cc12. The number of hydrogen-bond donors (Lipinski definition) is 2. The van der Waals surface area contributed by atoms with E-state index in [2.05, 4.69) is 22.4 Å². The molecule has 0 aliphatic heterocycles. The number of hydrogen-bond acceptors (Lipinski definition) is 6. The molecule has 9 nitrogen and oxygen atoms in total. The van der Waals surface area contributed by atoms with Crippen molar-refractivity contribution < 1.29 is 19.2 Å². The first-order valence-electron chi connectivity index (χ1n) is 12.1. The van der Waals surface area contributed by atoms with Gasteiger partial charge in [0, 0.05) is 24.4 Å². The number of amides is 1. The summed E-state index contributed by atoms with van der Waals surface area (Å²) in [4.78, 5) is 30.0. The molecule has 35 heavy (non-hydrogen) atoms. The Hall–Kier alpha value is -3.36. The lowest BCUT2D eigenvalue weighted by Crippen LogP contribution is -2.40. The first-order valence-corrected chi connectivity index (χ1v) is 12.1. The van der Waals surface area contributed by atoms with Gasteiger partial charge in [0.05, 0.1) is 23.7 Å². The summed E-state index contributed by atoms with van der Waals surface area (Å²) in [6, 6.07) is 4.68. The van der Waals surface area contributed by atoms with Crippen LogP contribution in [0.3, 0.4) is 0 Å². The molecule has 1 aromatic carbocycles. The van der Waals surface area contributed by atoms with Crippen LogP contribution in [0, 0.1) is 18.3 Å². The Kier molecular flexibility index (Phi) is 7.87. The second kappa shape index (κ2) is 10.5. The lowest BCUT2D eigenvalue weighted by molar-refractivity contribution is 0.170. The minimum absolute atomic E-state index is 0.152. The summed E-state index contributed by atoms with van der Waals surface area (Å²) < 4.78 is 13.2. The Morgan fingerprint density at radius 2 is 1.97 bits per heavy atom. The van der Waals surface area contributed by atoms with Crippen molar-refractivity contribution in [1.29, 1.82) is 0 Å². The van der Waals surface area contributed by atoms with E-state index >= 15 is 0 Å². The van der Waals surface area contributed by atoms with Crippen LogP contribution in [-0.2, 0) is 6.54 Å². The van der Waals surface area contributed by atoms with Crippen LogP contribution >= 0.6 is 0 Å². The van der Waals surface area contributed by atoms with Gasteiger partial charge in [-0.05, 0) is 29.9 Å². The molecule has 2 heterocycles. The summed E-state index contributed by atoms with van der Waals surface area (Å²) in [6.07, 6.45) is 0.590. The van der Waals surface area contributed by atoms with Gasteiger partial charge in [0.2, 0.25) is 11.7 Å². The number of unbranched alkanes of at least 4 members (excludes halogenated alkanes) is 1. The van der Waals surface area contributed by atoms with Gasteiger partial charge < -0.3 is 24.3 Å². The number of carboxylic acid groups (broad SMARTS) is 1. The normalized spacial score (nSPS) is 12.8. The van der Waals surface area contributed by atoms with Crippen LogP contribution < -0.4 is 15.6 Å². The molecule has 3 aromatic rings. The van der Waals surface area contributed by atoms with Crippen molar-refractivity contribution in [2.75, 3.05) is 6.61 Å². The van der Waals surface area contributed by atoms with E-state index in [0.29, 0.717) is 52.6 Å². The Bertz CT molecular complexity index is 1250. The molecule has 1 amide bonds. The van der Waals surface area contributed by atoms with Gasteiger partial charge in [-0.3, -0.25) is 4.79 Å². The maximum Gasteiger partial charge on any atom is 0.405 e. The highest BCUT2D eigenvalue weighted by atomic mass is 16.5. The van der Waals surface area contributed by atoms with E-state index in [9.17, 15) is 14.7 Å². The number of ether oxygens (including phenoxy) is 1. The van der Waals surface area contributed by atoms with Gasteiger partial charge in [-0.2, -0.15) is 4.98 Å². The molecule has 2 aromatic heterocycles. The fourth-order valence-corrected chi connectivity index (χ4v) is 4.11. The minimum Gasteiger partial charge on any atom is -0.491 e. The third kappa shape index (κ3) is 5.83. The number of nitrogens with one attached hydrogen (secondary N) is 1. The molecule has 0 radical (unpaired) electrons. The zero-order chi connectivity index (χ0) is 25.9. The number of benzene rings is 1. The van der Waals surface area contributed by atoms with Crippen molar-refractivity contribution in [2.24, 2.45) is 11.3 Å². The first-order chi connectivity index (χ1) is 16.4. The van der Waals surface area contributed by atoms with Crippen molar-refractivity contribution in [3.63, 3.8) is 0 Å². The van der Waals surface area contributed by atoms with Crippen molar-refractivity contribution >= 4 is 16.9 Å². The van der Waals surface area contributed by atoms with Gasteiger partial charge >= 0.3 is 6.09 Å². The Labute approximate surface area is 205 Å². The zero-order valence-electron chi connectivity index (χ0n) is 21.6. The van der Waals surface area contributed by atoms with Crippen LogP contribution in [0.1, 0.15) is 72.0 Å². The molecule has 1 atom stereocenters. The Morgan fingerprint density at radius 3 is 2.51 bits per heavy atom. The standard InChI is InChI=1S/C26H36N4O5/c1-8-9-12-34-21-19-13-17(23-27-16(4)35-29-23)10-11-18(19)24(31)30(14-15(2)3)20(21)22(26(5,6)7)28-25(32)33/h10-11,13,15,22,28H,8-9,12,14H2,1-7H3,(H,32,33). The molecule has 0 saturated heterocycles. The van der Waals surface area contributed by atoms with Crippen LogP contribution in [0.4, 0.5) is 4.79 Å². The second-order valence-electron chi connectivity index (χ2n) is 10.4. The van der Waals surface area contributed by atoms with E-state index in [-0.39, 0.29) is 11.5 Å². The molecule has 3 rings (SSSR count). The molecule has 1 unspecified atom stereocenters. The molecule has 9 heteroatoms. The van der Waals surface area contributed by atoms with Crippen molar-refractivity contribution in [3.8, 4) is 17.1 Å². The smallest absolute Gasteiger partial charge is 0.405 e.